The molecule has 0 spiro atoms. The molecule has 2 fully saturated rings. The van der Waals surface area contributed by atoms with Gasteiger partial charge in [0.05, 0.1) is 0 Å². The molecule has 3 heterocycles. The average Bonchev–Trinajstić information content (AvgIpc) is 3.23. The summed E-state index contributed by atoms with van der Waals surface area (Å²) in [5, 5.41) is 4.49. The van der Waals surface area contributed by atoms with Crippen LogP contribution in [0.25, 0.3) is 0 Å². The zero-order chi connectivity index (χ0) is 28.2. The van der Waals surface area contributed by atoms with Gasteiger partial charge in [0.15, 0.2) is 0 Å². The summed E-state index contributed by atoms with van der Waals surface area (Å²) in [7, 11) is 2.07. The maximum absolute atomic E-state index is 14.6. The van der Waals surface area contributed by atoms with Crippen LogP contribution in [0.15, 0.2) is 54.7 Å². The molecule has 39 heavy (non-hydrogen) atoms. The molecule has 9 nitrogen and oxygen atoms in total. The largest absolute Gasteiger partial charge is 0.349 e. The van der Waals surface area contributed by atoms with E-state index in [4.69, 9.17) is 0 Å². The Morgan fingerprint density at radius 2 is 1.92 bits per heavy atom. The number of halogens is 2. The second kappa shape index (κ2) is 12.0. The van der Waals surface area contributed by atoms with Gasteiger partial charge in [-0.15, -0.1) is 0 Å². The lowest BCUT2D eigenvalue weighted by atomic mass is 10.0. The molecule has 0 aromatic heterocycles. The fourth-order valence-corrected chi connectivity index (χ4v) is 4.77. The first-order valence-electron chi connectivity index (χ1n) is 12.9. The van der Waals surface area contributed by atoms with Crippen molar-refractivity contribution in [2.24, 2.45) is 0 Å². The first-order valence-corrected chi connectivity index (χ1v) is 12.9. The van der Waals surface area contributed by atoms with Gasteiger partial charge >= 0.3 is 5.92 Å². The van der Waals surface area contributed by atoms with E-state index < -0.39 is 29.4 Å². The van der Waals surface area contributed by atoms with Gasteiger partial charge in [-0.2, -0.15) is 8.78 Å². The molecule has 11 heteroatoms. The van der Waals surface area contributed by atoms with Gasteiger partial charge in [0.1, 0.15) is 6.04 Å². The first-order chi connectivity index (χ1) is 18.6. The number of alkyl halides is 2. The summed E-state index contributed by atoms with van der Waals surface area (Å²) in [6.07, 6.45) is 6.52. The molecule has 1 aromatic carbocycles. The number of carbonyl (C=O) groups is 4. The topological polar surface area (TPSA) is 102 Å². The van der Waals surface area contributed by atoms with Crippen LogP contribution in [0.4, 0.5) is 8.78 Å². The molecule has 0 aliphatic carbocycles. The molecule has 0 radical (unpaired) electrons. The van der Waals surface area contributed by atoms with E-state index in [1.165, 1.54) is 11.0 Å². The van der Waals surface area contributed by atoms with E-state index in [2.05, 4.69) is 34.1 Å². The van der Waals surface area contributed by atoms with Gasteiger partial charge in [-0.05, 0) is 30.7 Å². The van der Waals surface area contributed by atoms with Crippen molar-refractivity contribution in [2.45, 2.75) is 37.9 Å². The molecule has 1 atom stereocenters. The third-order valence-corrected chi connectivity index (χ3v) is 7.23. The van der Waals surface area contributed by atoms with Crippen molar-refractivity contribution < 1.29 is 28.0 Å². The second-order valence-corrected chi connectivity index (χ2v) is 10.1. The van der Waals surface area contributed by atoms with Gasteiger partial charge in [0, 0.05) is 63.4 Å². The van der Waals surface area contributed by atoms with Crippen LogP contribution in [-0.4, -0.2) is 90.1 Å². The van der Waals surface area contributed by atoms with Crippen LogP contribution >= 0.6 is 0 Å². The number of imide groups is 1. The lowest BCUT2D eigenvalue weighted by Gasteiger charge is -2.31. The van der Waals surface area contributed by atoms with Crippen LogP contribution in [-0.2, 0) is 27.5 Å². The monoisotopic (exact) mass is 541 g/mol. The van der Waals surface area contributed by atoms with Crippen molar-refractivity contribution in [3.63, 3.8) is 0 Å². The Morgan fingerprint density at radius 3 is 2.64 bits per heavy atom. The molecule has 2 N–H and O–H groups in total. The predicted molar refractivity (Wildman–Crippen MR) is 141 cm³/mol. The Bertz CT molecular complexity index is 1220. The van der Waals surface area contributed by atoms with Gasteiger partial charge in [-0.3, -0.25) is 29.4 Å². The highest BCUT2D eigenvalue weighted by Crippen LogP contribution is 2.29. The molecule has 0 bridgehead atoms. The van der Waals surface area contributed by atoms with Crippen LogP contribution in [0, 0.1) is 0 Å². The molecular formula is C28H33F2N5O4. The van der Waals surface area contributed by atoms with Crippen molar-refractivity contribution in [3.05, 3.63) is 71.3 Å². The minimum Gasteiger partial charge on any atom is -0.346 e. The number of hydrogen-bond donors (Lipinski definition) is 2. The van der Waals surface area contributed by atoms with E-state index in [1.54, 1.807) is 24.3 Å². The van der Waals surface area contributed by atoms with Gasteiger partial charge in [0.25, 0.3) is 11.8 Å². The van der Waals surface area contributed by atoms with Crippen LogP contribution in [0.5, 0.6) is 0 Å². The number of hydrogen-bond acceptors (Lipinski definition) is 6. The Kier molecular flexibility index (Phi) is 8.71. The number of amides is 4. The quantitative estimate of drug-likeness (QED) is 0.364. The molecule has 1 unspecified atom stereocenters. The first kappa shape index (κ1) is 28.3. The maximum Gasteiger partial charge on any atom is 0.349 e. The lowest BCUT2D eigenvalue weighted by molar-refractivity contribution is -0.140. The van der Waals surface area contributed by atoms with Crippen LogP contribution < -0.4 is 10.6 Å². The zero-order valence-corrected chi connectivity index (χ0v) is 21.9. The number of fused-ring (bicyclic) bond motifs is 1. The molecule has 3 aliphatic rings. The van der Waals surface area contributed by atoms with E-state index in [9.17, 15) is 28.0 Å². The highest BCUT2D eigenvalue weighted by atomic mass is 19.3. The molecule has 4 rings (SSSR count). The van der Waals surface area contributed by atoms with Gasteiger partial charge in [-0.1, -0.05) is 43.0 Å². The summed E-state index contributed by atoms with van der Waals surface area (Å²) in [5.74, 6) is -6.48. The Balaban J connectivity index is 1.28. The minimum absolute atomic E-state index is 0.148. The molecule has 1 aromatic rings. The Morgan fingerprint density at radius 1 is 1.18 bits per heavy atom. The fourth-order valence-electron chi connectivity index (χ4n) is 4.77. The molecule has 3 aliphatic heterocycles. The maximum atomic E-state index is 14.6. The van der Waals surface area contributed by atoms with Crippen LogP contribution in [0.3, 0.4) is 0 Å². The number of carbonyl (C=O) groups excluding carboxylic acids is 4. The van der Waals surface area contributed by atoms with E-state index in [0.717, 1.165) is 38.8 Å². The predicted octanol–water partition coefficient (Wildman–Crippen LogP) is 1.62. The average molecular weight is 542 g/mol. The molecule has 2 saturated heterocycles. The van der Waals surface area contributed by atoms with E-state index in [0.29, 0.717) is 16.7 Å². The Labute approximate surface area is 226 Å². The zero-order valence-electron chi connectivity index (χ0n) is 21.9. The highest BCUT2D eigenvalue weighted by molar-refractivity contribution is 6.05. The van der Waals surface area contributed by atoms with Gasteiger partial charge in [-0.25, -0.2) is 0 Å². The number of piperidine rings is 1. The normalized spacial score (nSPS) is 21.1. The molecule has 4 amide bonds. The summed E-state index contributed by atoms with van der Waals surface area (Å²) in [6, 6.07) is 4.03. The van der Waals surface area contributed by atoms with E-state index in [-0.39, 0.29) is 37.7 Å². The number of nitrogens with one attached hydrogen (secondary N) is 2. The second-order valence-electron chi connectivity index (χ2n) is 10.1. The number of benzene rings is 1. The highest BCUT2D eigenvalue weighted by Gasteiger charge is 2.41. The number of likely N-dealkylation sites (N-methyl/N-ethyl adjacent to an activating group) is 1. The Hall–Kier alpha value is -3.70. The van der Waals surface area contributed by atoms with Crippen LogP contribution in [0.2, 0.25) is 0 Å². The van der Waals surface area contributed by atoms with Gasteiger partial charge < -0.3 is 15.1 Å². The molecule has 0 saturated carbocycles. The summed E-state index contributed by atoms with van der Waals surface area (Å²) >= 11 is 0. The van der Waals surface area contributed by atoms with Crippen LogP contribution in [0.1, 0.15) is 34.3 Å². The SMILES string of the molecule is C=C(/C=C\C=C\CN1CCN(C)CC1)C(F)(F)C(=O)NCc1ccc2c(c1)CN(C1CCC(=O)NC1=O)C2=O. The third-order valence-electron chi connectivity index (χ3n) is 7.23. The summed E-state index contributed by atoms with van der Waals surface area (Å²) in [4.78, 5) is 54.6. The standard InChI is InChI=1S/C28H33F2N5O4/c1-19(6-4-3-5-11-34-14-12-33(2)13-15-34)28(29,30)27(39)31-17-20-7-8-22-21(16-20)18-35(26(22)38)23-9-10-24(36)32-25(23)37/h3-8,16,23H,1,9-15,17-18H2,2H3,(H,31,39)(H,32,36,37)/b5-3+,6-4-. The van der Waals surface area contributed by atoms with Crippen molar-refractivity contribution in [2.75, 3.05) is 39.8 Å². The van der Waals surface area contributed by atoms with Crippen molar-refractivity contribution in [1.82, 2.24) is 25.3 Å². The van der Waals surface area contributed by atoms with E-state index >= 15 is 0 Å². The third kappa shape index (κ3) is 6.66. The number of rotatable bonds is 9. The molecular weight excluding hydrogens is 508 g/mol. The summed E-state index contributed by atoms with van der Waals surface area (Å²) in [6.45, 7) is 7.97. The minimum atomic E-state index is -3.79. The summed E-state index contributed by atoms with van der Waals surface area (Å²) in [5.41, 5.74) is 0.936. The van der Waals surface area contributed by atoms with Gasteiger partial charge in [0.2, 0.25) is 11.8 Å². The number of nitrogens with zero attached hydrogens (tertiary/aromatic N) is 3. The number of allylic oxidation sites excluding steroid dienone is 3. The number of piperazine rings is 1. The van der Waals surface area contributed by atoms with Crippen molar-refractivity contribution in [1.29, 1.82) is 0 Å². The fraction of sp³-hybridized carbons (Fsp3) is 0.429. The summed E-state index contributed by atoms with van der Waals surface area (Å²) < 4.78 is 29.3. The van der Waals surface area contributed by atoms with Crippen molar-refractivity contribution in [3.8, 4) is 0 Å². The molecule has 208 valence electrons. The smallest absolute Gasteiger partial charge is 0.346 e. The van der Waals surface area contributed by atoms with E-state index in [1.807, 2.05) is 6.08 Å². The lowest BCUT2D eigenvalue weighted by Crippen LogP contribution is -2.52. The van der Waals surface area contributed by atoms with Crippen molar-refractivity contribution >= 4 is 23.6 Å².